The van der Waals surface area contributed by atoms with Gasteiger partial charge >= 0.3 is 0 Å². The van der Waals surface area contributed by atoms with Gasteiger partial charge in [-0.15, -0.1) is 0 Å². The Morgan fingerprint density at radius 3 is 2.87 bits per heavy atom. The largest absolute Gasteiger partial charge is 0.460 e. The molecule has 0 fully saturated rings. The van der Waals surface area contributed by atoms with Gasteiger partial charge in [-0.3, -0.25) is 14.7 Å². The number of fused-ring (bicyclic) bond motifs is 1. The van der Waals surface area contributed by atoms with Crippen LogP contribution >= 0.6 is 23.2 Å². The van der Waals surface area contributed by atoms with Crippen LogP contribution in [-0.2, 0) is 19.5 Å². The summed E-state index contributed by atoms with van der Waals surface area (Å²) in [5.41, 5.74) is 3.24. The maximum Gasteiger partial charge on any atom is 0.255 e. The Labute approximate surface area is 189 Å². The topological polar surface area (TPSA) is 74.5 Å². The number of rotatable bonds is 4. The number of aliphatic imine (C=N–C) groups is 1. The van der Waals surface area contributed by atoms with Gasteiger partial charge in [-0.2, -0.15) is 0 Å². The first-order valence-corrected chi connectivity index (χ1v) is 11.2. The molecule has 0 unspecified atom stereocenters. The van der Waals surface area contributed by atoms with Gasteiger partial charge in [0.15, 0.2) is 5.82 Å². The van der Waals surface area contributed by atoms with E-state index in [2.05, 4.69) is 14.9 Å². The number of halogens is 2. The Morgan fingerprint density at radius 1 is 1.13 bits per heavy atom. The fourth-order valence-corrected chi connectivity index (χ4v) is 4.54. The van der Waals surface area contributed by atoms with E-state index in [0.717, 1.165) is 67.1 Å². The molecule has 1 aromatic carbocycles. The monoisotopic (exact) mass is 456 g/mol. The molecule has 0 atom stereocenters. The highest BCUT2D eigenvalue weighted by Gasteiger charge is 2.23. The Balaban J connectivity index is 1.33. The van der Waals surface area contributed by atoms with Crippen LogP contribution in [0.2, 0.25) is 10.0 Å². The molecule has 3 aromatic rings. The normalized spacial score (nSPS) is 16.8. The molecule has 4 heterocycles. The number of H-pyrrole nitrogens is 1. The van der Waals surface area contributed by atoms with Gasteiger partial charge in [0, 0.05) is 36.6 Å². The van der Waals surface area contributed by atoms with Crippen LogP contribution in [0.5, 0.6) is 0 Å². The molecule has 5 rings (SSSR count). The lowest BCUT2D eigenvalue weighted by atomic mass is 10.1. The fraction of sp³-hybridized carbons (Fsp3) is 0.348. The van der Waals surface area contributed by atoms with Gasteiger partial charge < -0.3 is 9.40 Å². The summed E-state index contributed by atoms with van der Waals surface area (Å²) < 4.78 is 6.02. The quantitative estimate of drug-likeness (QED) is 0.607. The Bertz CT molecular complexity index is 1210. The molecule has 1 N–H and O–H groups in total. The van der Waals surface area contributed by atoms with Gasteiger partial charge in [0.1, 0.15) is 11.5 Å². The number of furan rings is 1. The highest BCUT2D eigenvalue weighted by atomic mass is 35.5. The highest BCUT2D eigenvalue weighted by Crippen LogP contribution is 2.32. The average Bonchev–Trinajstić information content (AvgIpc) is 3.24. The number of nitrogens with zero attached hydrogens (tertiary/aromatic N) is 3. The Kier molecular flexibility index (Phi) is 5.69. The number of nitrogens with one attached hydrogen (secondary N) is 1. The minimum atomic E-state index is -0.0659. The van der Waals surface area contributed by atoms with Crippen molar-refractivity contribution >= 4 is 28.9 Å². The van der Waals surface area contributed by atoms with E-state index in [0.29, 0.717) is 34.7 Å². The molecule has 0 radical (unpaired) electrons. The van der Waals surface area contributed by atoms with E-state index in [9.17, 15) is 4.79 Å². The molecule has 0 bridgehead atoms. The third kappa shape index (κ3) is 4.33. The van der Waals surface area contributed by atoms with Crippen LogP contribution < -0.4 is 5.56 Å². The van der Waals surface area contributed by atoms with Crippen LogP contribution in [-0.4, -0.2) is 33.7 Å². The first kappa shape index (κ1) is 20.5. The summed E-state index contributed by atoms with van der Waals surface area (Å²) in [5.74, 6) is 2.13. The van der Waals surface area contributed by atoms with Gasteiger partial charge in [-0.25, -0.2) is 4.98 Å². The Morgan fingerprint density at radius 2 is 2.03 bits per heavy atom. The molecule has 160 valence electrons. The van der Waals surface area contributed by atoms with Crippen molar-refractivity contribution in [2.24, 2.45) is 4.99 Å². The fourth-order valence-electron chi connectivity index (χ4n) is 4.16. The number of hydrogen-bond donors (Lipinski definition) is 1. The van der Waals surface area contributed by atoms with Crippen LogP contribution in [0.25, 0.3) is 11.3 Å². The molecule has 2 aliphatic heterocycles. The van der Waals surface area contributed by atoms with E-state index >= 15 is 0 Å². The summed E-state index contributed by atoms with van der Waals surface area (Å²) >= 11 is 12.4. The van der Waals surface area contributed by atoms with Crippen molar-refractivity contribution < 1.29 is 4.42 Å². The molecule has 0 saturated carbocycles. The zero-order valence-corrected chi connectivity index (χ0v) is 18.5. The van der Waals surface area contributed by atoms with Crippen LogP contribution in [0.1, 0.15) is 42.1 Å². The molecule has 6 nitrogen and oxygen atoms in total. The number of aromatic amines is 1. The van der Waals surface area contributed by atoms with Crippen LogP contribution in [0.4, 0.5) is 0 Å². The predicted octanol–water partition coefficient (Wildman–Crippen LogP) is 4.87. The maximum atomic E-state index is 12.8. The summed E-state index contributed by atoms with van der Waals surface area (Å²) in [7, 11) is 0. The third-order valence-electron chi connectivity index (χ3n) is 5.78. The van der Waals surface area contributed by atoms with Crippen LogP contribution in [0.15, 0.2) is 44.5 Å². The van der Waals surface area contributed by atoms with Gasteiger partial charge in [0.05, 0.1) is 28.5 Å². The number of benzene rings is 1. The summed E-state index contributed by atoms with van der Waals surface area (Å²) in [6.07, 6.45) is 3.81. The lowest BCUT2D eigenvalue weighted by Crippen LogP contribution is -2.36. The van der Waals surface area contributed by atoms with Crippen LogP contribution in [0, 0.1) is 0 Å². The van der Waals surface area contributed by atoms with E-state index in [1.807, 2.05) is 12.1 Å². The third-order valence-corrected chi connectivity index (χ3v) is 6.35. The first-order chi connectivity index (χ1) is 15.1. The van der Waals surface area contributed by atoms with E-state index in [4.69, 9.17) is 32.6 Å². The van der Waals surface area contributed by atoms with Crippen molar-refractivity contribution in [2.75, 3.05) is 13.1 Å². The molecule has 0 aliphatic carbocycles. The van der Waals surface area contributed by atoms with E-state index < -0.39 is 0 Å². The minimum absolute atomic E-state index is 0.0659. The molecule has 8 heteroatoms. The van der Waals surface area contributed by atoms with Crippen molar-refractivity contribution in [3.8, 4) is 11.3 Å². The van der Waals surface area contributed by atoms with Crippen molar-refractivity contribution in [3.63, 3.8) is 0 Å². The highest BCUT2D eigenvalue weighted by molar-refractivity contribution is 6.35. The molecule has 0 spiro atoms. The second-order valence-electron chi connectivity index (χ2n) is 7.98. The SMILES string of the molecule is O=c1[nH]c(C2=NCCCC2)nc2c1CN(Cc1ccc(-c3cc(Cl)ccc3Cl)o1)CC2. The molecule has 0 saturated heterocycles. The summed E-state index contributed by atoms with van der Waals surface area (Å²) in [6, 6.07) is 9.14. The summed E-state index contributed by atoms with van der Waals surface area (Å²) in [5, 5.41) is 1.20. The van der Waals surface area contributed by atoms with Crippen molar-refractivity contribution in [1.82, 2.24) is 14.9 Å². The van der Waals surface area contributed by atoms with Crippen molar-refractivity contribution in [2.45, 2.75) is 38.8 Å². The standard InChI is InChI=1S/C23H22Cl2N4O2/c24-14-4-6-18(25)16(11-14)21-7-5-15(31-21)12-29-10-8-19-17(13-29)23(30)28-22(27-19)20-3-1-2-9-26-20/h4-7,11H,1-3,8-10,12-13H2,(H,27,28,30). The number of hydrogen-bond acceptors (Lipinski definition) is 5. The van der Waals surface area contributed by atoms with E-state index in [-0.39, 0.29) is 5.56 Å². The second kappa shape index (κ2) is 8.61. The van der Waals surface area contributed by atoms with Gasteiger partial charge in [-0.1, -0.05) is 23.2 Å². The summed E-state index contributed by atoms with van der Waals surface area (Å²) in [6.45, 7) is 2.77. The lowest BCUT2D eigenvalue weighted by Gasteiger charge is -2.27. The molecule has 2 aliphatic rings. The first-order valence-electron chi connectivity index (χ1n) is 10.5. The van der Waals surface area contributed by atoms with Crippen LogP contribution in [0.3, 0.4) is 0 Å². The average molecular weight is 457 g/mol. The van der Waals surface area contributed by atoms with Crippen molar-refractivity contribution in [1.29, 1.82) is 0 Å². The van der Waals surface area contributed by atoms with Gasteiger partial charge in [0.2, 0.25) is 0 Å². The predicted molar refractivity (Wildman–Crippen MR) is 122 cm³/mol. The van der Waals surface area contributed by atoms with Gasteiger partial charge in [0.25, 0.3) is 5.56 Å². The smallest absolute Gasteiger partial charge is 0.255 e. The maximum absolute atomic E-state index is 12.8. The molecule has 31 heavy (non-hydrogen) atoms. The van der Waals surface area contributed by atoms with E-state index in [1.54, 1.807) is 18.2 Å². The second-order valence-corrected chi connectivity index (χ2v) is 8.82. The van der Waals surface area contributed by atoms with Crippen molar-refractivity contribution in [3.05, 3.63) is 73.6 Å². The molecule has 2 aromatic heterocycles. The molecular weight excluding hydrogens is 435 g/mol. The van der Waals surface area contributed by atoms with Gasteiger partial charge in [-0.05, 0) is 49.6 Å². The molecule has 0 amide bonds. The van der Waals surface area contributed by atoms with E-state index in [1.165, 1.54) is 0 Å². The summed E-state index contributed by atoms with van der Waals surface area (Å²) in [4.78, 5) is 27.2. The minimum Gasteiger partial charge on any atom is -0.460 e. The zero-order valence-electron chi connectivity index (χ0n) is 17.0. The lowest BCUT2D eigenvalue weighted by molar-refractivity contribution is 0.223. The zero-order chi connectivity index (χ0) is 21.4. The molecular formula is C23H22Cl2N4O2. The number of aromatic nitrogens is 2. The Hall–Kier alpha value is -2.41.